The van der Waals surface area contributed by atoms with Crippen molar-refractivity contribution in [1.82, 2.24) is 5.32 Å². The molecule has 4 N–H and O–H groups in total. The highest BCUT2D eigenvalue weighted by molar-refractivity contribution is 5.85. The molecule has 0 aliphatic carbocycles. The molecule has 0 fully saturated rings. The Bertz CT molecular complexity index is 302. The van der Waals surface area contributed by atoms with Gasteiger partial charge in [-0.25, -0.2) is 9.59 Å². The minimum absolute atomic E-state index is 0.580. The van der Waals surface area contributed by atoms with Crippen molar-refractivity contribution in [2.24, 2.45) is 0 Å². The van der Waals surface area contributed by atoms with Crippen LogP contribution < -0.4 is 5.32 Å². The van der Waals surface area contributed by atoms with Gasteiger partial charge in [-0.2, -0.15) is 0 Å². The number of aliphatic hydroxyl groups excluding tert-OH is 2. The van der Waals surface area contributed by atoms with Crippen LogP contribution in [0.15, 0.2) is 0 Å². The summed E-state index contributed by atoms with van der Waals surface area (Å²) < 4.78 is 4.42. The van der Waals surface area contributed by atoms with E-state index in [0.717, 1.165) is 6.92 Å². The zero-order valence-electron chi connectivity index (χ0n) is 9.41. The first kappa shape index (κ1) is 15.3. The number of amides is 1. The SMILES string of the molecule is CC(=O)N[C@H](C(=O)O[C@H](CO)C(=O)O)[C@@H](C)O. The van der Waals surface area contributed by atoms with E-state index in [9.17, 15) is 19.5 Å². The number of ether oxygens (including phenoxy) is 1. The third kappa shape index (κ3) is 5.27. The predicted molar refractivity (Wildman–Crippen MR) is 53.9 cm³/mol. The van der Waals surface area contributed by atoms with Crippen LogP contribution in [-0.4, -0.2) is 58.0 Å². The molecule has 0 aliphatic heterocycles. The average molecular weight is 249 g/mol. The van der Waals surface area contributed by atoms with Gasteiger partial charge in [0, 0.05) is 6.92 Å². The number of carbonyl (C=O) groups excluding carboxylic acids is 2. The molecule has 0 aromatic rings. The van der Waals surface area contributed by atoms with Crippen LogP contribution in [0, 0.1) is 0 Å². The van der Waals surface area contributed by atoms with Crippen molar-refractivity contribution in [2.75, 3.05) is 6.61 Å². The summed E-state index contributed by atoms with van der Waals surface area (Å²) in [6.07, 6.45) is -2.97. The van der Waals surface area contributed by atoms with Gasteiger partial charge < -0.3 is 25.4 Å². The molecule has 0 rings (SSSR count). The van der Waals surface area contributed by atoms with Crippen molar-refractivity contribution in [1.29, 1.82) is 0 Å². The maximum atomic E-state index is 11.4. The normalized spacial score (nSPS) is 15.5. The van der Waals surface area contributed by atoms with Gasteiger partial charge in [0.05, 0.1) is 12.7 Å². The average Bonchev–Trinajstić information content (AvgIpc) is 2.20. The number of hydrogen-bond donors (Lipinski definition) is 4. The van der Waals surface area contributed by atoms with Crippen molar-refractivity contribution in [3.63, 3.8) is 0 Å². The van der Waals surface area contributed by atoms with E-state index < -0.39 is 42.7 Å². The van der Waals surface area contributed by atoms with Crippen LogP contribution in [0.5, 0.6) is 0 Å². The first-order valence-electron chi connectivity index (χ1n) is 4.79. The zero-order valence-corrected chi connectivity index (χ0v) is 9.41. The maximum absolute atomic E-state index is 11.4. The molecule has 0 radical (unpaired) electrons. The van der Waals surface area contributed by atoms with Gasteiger partial charge in [0.15, 0.2) is 6.04 Å². The maximum Gasteiger partial charge on any atom is 0.347 e. The van der Waals surface area contributed by atoms with Crippen LogP contribution in [0.1, 0.15) is 13.8 Å². The van der Waals surface area contributed by atoms with Gasteiger partial charge in [-0.1, -0.05) is 0 Å². The monoisotopic (exact) mass is 249 g/mol. The summed E-state index contributed by atoms with van der Waals surface area (Å²) in [5.74, 6) is -3.23. The second-order valence-electron chi connectivity index (χ2n) is 3.37. The second-order valence-corrected chi connectivity index (χ2v) is 3.37. The summed E-state index contributed by atoms with van der Waals surface area (Å²) in [6.45, 7) is 1.47. The predicted octanol–water partition coefficient (Wildman–Crippen LogP) is -2.14. The number of carbonyl (C=O) groups is 3. The lowest BCUT2D eigenvalue weighted by Crippen LogP contribution is -2.49. The number of esters is 1. The number of carboxylic acid groups (broad SMARTS) is 1. The van der Waals surface area contributed by atoms with Gasteiger partial charge >= 0.3 is 11.9 Å². The van der Waals surface area contributed by atoms with Crippen LogP contribution >= 0.6 is 0 Å². The highest BCUT2D eigenvalue weighted by atomic mass is 16.6. The van der Waals surface area contributed by atoms with Crippen molar-refractivity contribution < 1.29 is 34.4 Å². The molecule has 8 nitrogen and oxygen atoms in total. The van der Waals surface area contributed by atoms with Gasteiger partial charge in [0.1, 0.15) is 0 Å². The van der Waals surface area contributed by atoms with Gasteiger partial charge in [-0.3, -0.25) is 4.79 Å². The smallest absolute Gasteiger partial charge is 0.347 e. The Morgan fingerprint density at radius 2 is 1.88 bits per heavy atom. The van der Waals surface area contributed by atoms with Crippen LogP contribution in [0.4, 0.5) is 0 Å². The van der Waals surface area contributed by atoms with E-state index in [1.807, 2.05) is 0 Å². The quantitative estimate of drug-likeness (QED) is 0.395. The lowest BCUT2D eigenvalue weighted by molar-refractivity contribution is -0.170. The highest BCUT2D eigenvalue weighted by Gasteiger charge is 2.30. The fourth-order valence-corrected chi connectivity index (χ4v) is 0.975. The molecule has 0 aliphatic rings. The van der Waals surface area contributed by atoms with E-state index in [-0.39, 0.29) is 0 Å². The van der Waals surface area contributed by atoms with Crippen LogP contribution in [0.25, 0.3) is 0 Å². The highest BCUT2D eigenvalue weighted by Crippen LogP contribution is 2.01. The summed E-state index contributed by atoms with van der Waals surface area (Å²) >= 11 is 0. The summed E-state index contributed by atoms with van der Waals surface area (Å²) in [5.41, 5.74) is 0. The molecule has 1 amide bonds. The Morgan fingerprint density at radius 3 is 2.18 bits per heavy atom. The van der Waals surface area contributed by atoms with E-state index >= 15 is 0 Å². The number of rotatable bonds is 6. The van der Waals surface area contributed by atoms with E-state index in [1.165, 1.54) is 6.92 Å². The lowest BCUT2D eigenvalue weighted by atomic mass is 10.2. The molecule has 0 spiro atoms. The van der Waals surface area contributed by atoms with Gasteiger partial charge in [0.2, 0.25) is 12.0 Å². The molecule has 0 saturated carbocycles. The minimum atomic E-state index is -1.72. The van der Waals surface area contributed by atoms with Gasteiger partial charge in [0.25, 0.3) is 0 Å². The van der Waals surface area contributed by atoms with Crippen molar-refractivity contribution in [3.8, 4) is 0 Å². The first-order valence-corrected chi connectivity index (χ1v) is 4.79. The van der Waals surface area contributed by atoms with Crippen molar-refractivity contribution >= 4 is 17.8 Å². The van der Waals surface area contributed by atoms with E-state index in [1.54, 1.807) is 0 Å². The summed E-state index contributed by atoms with van der Waals surface area (Å²) in [5, 5.41) is 28.5. The van der Waals surface area contributed by atoms with Gasteiger partial charge in [-0.05, 0) is 6.92 Å². The van der Waals surface area contributed by atoms with E-state index in [4.69, 9.17) is 10.2 Å². The Hall–Kier alpha value is -1.67. The minimum Gasteiger partial charge on any atom is -0.478 e. The van der Waals surface area contributed by atoms with Crippen LogP contribution in [0.2, 0.25) is 0 Å². The molecule has 0 bridgehead atoms. The lowest BCUT2D eigenvalue weighted by Gasteiger charge is -2.21. The van der Waals surface area contributed by atoms with Crippen molar-refractivity contribution in [3.05, 3.63) is 0 Å². The number of aliphatic carboxylic acids is 1. The van der Waals surface area contributed by atoms with Crippen LogP contribution in [-0.2, 0) is 19.1 Å². The molecule has 0 heterocycles. The number of nitrogens with one attached hydrogen (secondary N) is 1. The summed E-state index contributed by atoms with van der Waals surface area (Å²) in [7, 11) is 0. The van der Waals surface area contributed by atoms with Crippen molar-refractivity contribution in [2.45, 2.75) is 32.1 Å². The summed E-state index contributed by atoms with van der Waals surface area (Å²) in [6, 6.07) is -1.37. The van der Waals surface area contributed by atoms with E-state index in [0.29, 0.717) is 0 Å². The fourth-order valence-electron chi connectivity index (χ4n) is 0.975. The zero-order chi connectivity index (χ0) is 13.6. The molecule has 0 saturated heterocycles. The largest absolute Gasteiger partial charge is 0.478 e. The molecular weight excluding hydrogens is 234 g/mol. The van der Waals surface area contributed by atoms with E-state index in [2.05, 4.69) is 10.1 Å². The fraction of sp³-hybridized carbons (Fsp3) is 0.667. The number of carboxylic acids is 1. The third-order valence-corrected chi connectivity index (χ3v) is 1.79. The molecule has 3 atom stereocenters. The molecular formula is C9H15NO7. The Morgan fingerprint density at radius 1 is 1.35 bits per heavy atom. The number of aliphatic hydroxyl groups is 2. The molecule has 17 heavy (non-hydrogen) atoms. The molecule has 0 aromatic heterocycles. The molecule has 0 aromatic carbocycles. The standard InChI is InChI=1S/C9H15NO7/c1-4(12)7(10-5(2)13)9(16)17-6(3-11)8(14)15/h4,6-7,11-12H,3H2,1-2H3,(H,10,13)(H,14,15)/t4-,6-,7+/m1/s1. The Kier molecular flexibility index (Phi) is 6.15. The summed E-state index contributed by atoms with van der Waals surface area (Å²) in [4.78, 5) is 32.7. The topological polar surface area (TPSA) is 133 Å². The molecule has 98 valence electrons. The third-order valence-electron chi connectivity index (χ3n) is 1.79. The first-order chi connectivity index (χ1) is 7.79. The Balaban J connectivity index is 4.62. The number of hydrogen-bond acceptors (Lipinski definition) is 6. The Labute approximate surface area is 97.2 Å². The molecule has 0 unspecified atom stereocenters. The molecule has 8 heteroatoms. The van der Waals surface area contributed by atoms with Crippen LogP contribution in [0.3, 0.4) is 0 Å². The second kappa shape index (κ2) is 6.81. The van der Waals surface area contributed by atoms with Gasteiger partial charge in [-0.15, -0.1) is 0 Å².